The molecule has 0 bridgehead atoms. The summed E-state index contributed by atoms with van der Waals surface area (Å²) >= 11 is 0. The molecule has 0 unspecified atom stereocenters. The average molecular weight is 172 g/mol. The number of rotatable bonds is 3. The number of esters is 1. The molecular formula is C9H16O3. The molecule has 70 valence electrons. The van der Waals surface area contributed by atoms with E-state index in [4.69, 9.17) is 9.47 Å². The van der Waals surface area contributed by atoms with Crippen molar-refractivity contribution in [1.82, 2.24) is 0 Å². The lowest BCUT2D eigenvalue weighted by Crippen LogP contribution is -2.23. The maximum Gasteiger partial charge on any atom is 0.308 e. The lowest BCUT2D eigenvalue weighted by molar-refractivity contribution is -0.147. The lowest BCUT2D eigenvalue weighted by Gasteiger charge is -2.21. The third kappa shape index (κ3) is 3.22. The fraction of sp³-hybridized carbons (Fsp3) is 0.889. The second-order valence-corrected chi connectivity index (χ2v) is 3.00. The Morgan fingerprint density at radius 1 is 1.58 bits per heavy atom. The standard InChI is InChI=1S/C9H16O3/c1-2-11-9(10)7-8-5-3-4-6-12-8/h8H,2-7H2,1H3/t8-/m0/s1. The van der Waals surface area contributed by atoms with Crippen molar-refractivity contribution in [2.75, 3.05) is 13.2 Å². The highest BCUT2D eigenvalue weighted by molar-refractivity contribution is 5.69. The molecule has 12 heavy (non-hydrogen) atoms. The van der Waals surface area contributed by atoms with Crippen molar-refractivity contribution >= 4 is 5.97 Å². The van der Waals surface area contributed by atoms with Crippen molar-refractivity contribution in [3.05, 3.63) is 0 Å². The van der Waals surface area contributed by atoms with Crippen LogP contribution in [-0.4, -0.2) is 25.3 Å². The fourth-order valence-electron chi connectivity index (χ4n) is 1.37. The Morgan fingerprint density at radius 3 is 3.00 bits per heavy atom. The van der Waals surface area contributed by atoms with Crippen LogP contribution in [0.1, 0.15) is 32.6 Å². The second kappa shape index (κ2) is 5.14. The summed E-state index contributed by atoms with van der Waals surface area (Å²) in [6.07, 6.45) is 3.83. The summed E-state index contributed by atoms with van der Waals surface area (Å²) in [7, 11) is 0. The van der Waals surface area contributed by atoms with E-state index >= 15 is 0 Å². The first-order valence-electron chi connectivity index (χ1n) is 4.60. The monoisotopic (exact) mass is 172 g/mol. The van der Waals surface area contributed by atoms with Crippen molar-refractivity contribution in [2.24, 2.45) is 0 Å². The summed E-state index contributed by atoms with van der Waals surface area (Å²) in [6, 6.07) is 0. The number of hydrogen-bond acceptors (Lipinski definition) is 3. The van der Waals surface area contributed by atoms with Gasteiger partial charge in [-0.15, -0.1) is 0 Å². The first-order valence-corrected chi connectivity index (χ1v) is 4.60. The van der Waals surface area contributed by atoms with Crippen LogP contribution in [0.4, 0.5) is 0 Å². The molecule has 0 aromatic carbocycles. The number of carbonyl (C=O) groups is 1. The molecule has 0 spiro atoms. The minimum Gasteiger partial charge on any atom is -0.466 e. The van der Waals surface area contributed by atoms with Crippen LogP contribution in [0, 0.1) is 0 Å². The summed E-state index contributed by atoms with van der Waals surface area (Å²) in [5.74, 6) is -0.135. The zero-order chi connectivity index (χ0) is 8.81. The zero-order valence-electron chi connectivity index (χ0n) is 7.54. The molecule has 3 heteroatoms. The first kappa shape index (κ1) is 9.52. The van der Waals surface area contributed by atoms with E-state index < -0.39 is 0 Å². The predicted molar refractivity (Wildman–Crippen MR) is 44.8 cm³/mol. The molecule has 0 radical (unpaired) electrons. The minimum atomic E-state index is -0.135. The van der Waals surface area contributed by atoms with E-state index in [1.165, 1.54) is 6.42 Å². The van der Waals surface area contributed by atoms with Gasteiger partial charge in [0.2, 0.25) is 0 Å². The first-order chi connectivity index (χ1) is 5.83. The molecule has 1 saturated heterocycles. The molecule has 0 aliphatic carbocycles. The van der Waals surface area contributed by atoms with E-state index in [0.717, 1.165) is 19.4 Å². The van der Waals surface area contributed by atoms with Crippen molar-refractivity contribution in [2.45, 2.75) is 38.7 Å². The minimum absolute atomic E-state index is 0.109. The van der Waals surface area contributed by atoms with Gasteiger partial charge in [-0.1, -0.05) is 0 Å². The van der Waals surface area contributed by atoms with Gasteiger partial charge in [0.1, 0.15) is 0 Å². The van der Waals surface area contributed by atoms with Crippen LogP contribution < -0.4 is 0 Å². The Bertz CT molecular complexity index is 139. The molecule has 3 nitrogen and oxygen atoms in total. The van der Waals surface area contributed by atoms with Crippen LogP contribution in [-0.2, 0) is 14.3 Å². The van der Waals surface area contributed by atoms with Gasteiger partial charge in [0.05, 0.1) is 19.1 Å². The molecule has 0 aromatic heterocycles. The van der Waals surface area contributed by atoms with Crippen LogP contribution in [0.15, 0.2) is 0 Å². The summed E-state index contributed by atoms with van der Waals surface area (Å²) in [6.45, 7) is 3.08. The number of ether oxygens (including phenoxy) is 2. The van der Waals surface area contributed by atoms with Gasteiger partial charge in [-0.2, -0.15) is 0 Å². The molecule has 0 aromatic rings. The molecule has 1 aliphatic heterocycles. The fourth-order valence-corrected chi connectivity index (χ4v) is 1.37. The van der Waals surface area contributed by atoms with Gasteiger partial charge >= 0.3 is 5.97 Å². The van der Waals surface area contributed by atoms with Crippen LogP contribution >= 0.6 is 0 Å². The SMILES string of the molecule is CCOC(=O)C[C@@H]1CCCCO1. The van der Waals surface area contributed by atoms with Crippen molar-refractivity contribution in [1.29, 1.82) is 0 Å². The van der Waals surface area contributed by atoms with E-state index in [-0.39, 0.29) is 12.1 Å². The third-order valence-corrected chi connectivity index (χ3v) is 1.97. The van der Waals surface area contributed by atoms with Gasteiger partial charge in [0.25, 0.3) is 0 Å². The zero-order valence-corrected chi connectivity index (χ0v) is 7.54. The smallest absolute Gasteiger partial charge is 0.308 e. The molecule has 1 aliphatic rings. The lowest BCUT2D eigenvalue weighted by atomic mass is 10.1. The molecule has 1 atom stereocenters. The van der Waals surface area contributed by atoms with Gasteiger partial charge in [-0.05, 0) is 26.2 Å². The molecule has 0 N–H and O–H groups in total. The maximum absolute atomic E-state index is 11.0. The highest BCUT2D eigenvalue weighted by atomic mass is 16.5. The Labute approximate surface area is 73.0 Å². The molecule has 0 amide bonds. The third-order valence-electron chi connectivity index (χ3n) is 1.97. The van der Waals surface area contributed by atoms with Gasteiger partial charge < -0.3 is 9.47 Å². The van der Waals surface area contributed by atoms with Crippen LogP contribution in [0.3, 0.4) is 0 Å². The Balaban J connectivity index is 2.15. The molecular weight excluding hydrogens is 156 g/mol. The van der Waals surface area contributed by atoms with Gasteiger partial charge in [0, 0.05) is 6.61 Å². The predicted octanol–water partition coefficient (Wildman–Crippen LogP) is 1.51. The highest BCUT2D eigenvalue weighted by Gasteiger charge is 2.17. The van der Waals surface area contributed by atoms with Crippen LogP contribution in [0.5, 0.6) is 0 Å². The van der Waals surface area contributed by atoms with Crippen molar-refractivity contribution in [3.63, 3.8) is 0 Å². The van der Waals surface area contributed by atoms with E-state index in [2.05, 4.69) is 0 Å². The Kier molecular flexibility index (Phi) is 4.08. The second-order valence-electron chi connectivity index (χ2n) is 3.00. The summed E-state index contributed by atoms with van der Waals surface area (Å²) in [5.41, 5.74) is 0. The summed E-state index contributed by atoms with van der Waals surface area (Å²) in [5, 5.41) is 0. The molecule has 0 saturated carbocycles. The molecule has 1 heterocycles. The Morgan fingerprint density at radius 2 is 2.42 bits per heavy atom. The molecule has 1 fully saturated rings. The summed E-state index contributed by atoms with van der Waals surface area (Å²) < 4.78 is 10.2. The van der Waals surface area contributed by atoms with E-state index in [9.17, 15) is 4.79 Å². The highest BCUT2D eigenvalue weighted by Crippen LogP contribution is 2.15. The van der Waals surface area contributed by atoms with Gasteiger partial charge in [0.15, 0.2) is 0 Å². The van der Waals surface area contributed by atoms with E-state index in [1.54, 1.807) is 0 Å². The Hall–Kier alpha value is -0.570. The quantitative estimate of drug-likeness (QED) is 0.605. The number of carbonyl (C=O) groups excluding carboxylic acids is 1. The van der Waals surface area contributed by atoms with Crippen LogP contribution in [0.2, 0.25) is 0 Å². The van der Waals surface area contributed by atoms with E-state index in [1.807, 2.05) is 6.92 Å². The maximum atomic E-state index is 11.0. The van der Waals surface area contributed by atoms with E-state index in [0.29, 0.717) is 13.0 Å². The van der Waals surface area contributed by atoms with Gasteiger partial charge in [-0.3, -0.25) is 4.79 Å². The van der Waals surface area contributed by atoms with Crippen molar-refractivity contribution < 1.29 is 14.3 Å². The average Bonchev–Trinajstić information content (AvgIpc) is 2.06. The summed E-state index contributed by atoms with van der Waals surface area (Å²) in [4.78, 5) is 11.0. The topological polar surface area (TPSA) is 35.5 Å². The normalized spacial score (nSPS) is 23.6. The largest absolute Gasteiger partial charge is 0.466 e. The van der Waals surface area contributed by atoms with Crippen molar-refractivity contribution in [3.8, 4) is 0 Å². The van der Waals surface area contributed by atoms with Crippen LogP contribution in [0.25, 0.3) is 0 Å². The molecule has 1 rings (SSSR count). The number of hydrogen-bond donors (Lipinski definition) is 0. The van der Waals surface area contributed by atoms with Gasteiger partial charge in [-0.25, -0.2) is 0 Å².